The molecule has 2 nitrogen and oxygen atoms in total. The molecular formula is C10H15ClO2. The van der Waals surface area contributed by atoms with Gasteiger partial charge in [0.05, 0.1) is 0 Å². The van der Waals surface area contributed by atoms with Gasteiger partial charge in [-0.25, -0.2) is 4.79 Å². The molecule has 0 aromatic rings. The Bertz CT molecular complexity index is 219. The lowest BCUT2D eigenvalue weighted by Gasteiger charge is -2.45. The molecule has 0 spiro atoms. The van der Waals surface area contributed by atoms with Crippen LogP contribution in [0.2, 0.25) is 0 Å². The molecule has 0 N–H and O–H groups in total. The topological polar surface area (TPSA) is 26.3 Å². The Morgan fingerprint density at radius 3 is 2.46 bits per heavy atom. The highest BCUT2D eigenvalue weighted by Gasteiger charge is 2.56. The van der Waals surface area contributed by atoms with E-state index in [0.29, 0.717) is 5.92 Å². The van der Waals surface area contributed by atoms with Gasteiger partial charge in [0.1, 0.15) is 6.10 Å². The summed E-state index contributed by atoms with van der Waals surface area (Å²) in [5.74, 6) is 0.263. The molecule has 0 radical (unpaired) electrons. The maximum absolute atomic E-state index is 11.1. The molecular weight excluding hydrogens is 188 g/mol. The number of alkyl halides is 1. The summed E-state index contributed by atoms with van der Waals surface area (Å²) in [6.07, 6.45) is 6.13. The highest BCUT2D eigenvalue weighted by molar-refractivity contribution is 6.36. The Hall–Kier alpha value is -0.240. The molecule has 1 aliphatic heterocycles. The third-order valence-corrected chi connectivity index (χ3v) is 3.61. The van der Waals surface area contributed by atoms with Crippen LogP contribution in [0.5, 0.6) is 0 Å². The molecule has 0 amide bonds. The zero-order valence-corrected chi connectivity index (χ0v) is 8.64. The number of rotatable bonds is 1. The number of halogens is 1. The fourth-order valence-electron chi connectivity index (χ4n) is 2.38. The quantitative estimate of drug-likeness (QED) is 0.483. The normalized spacial score (nSPS) is 41.1. The summed E-state index contributed by atoms with van der Waals surface area (Å²) in [6, 6.07) is 0. The molecule has 74 valence electrons. The lowest BCUT2D eigenvalue weighted by Crippen LogP contribution is -2.60. The van der Waals surface area contributed by atoms with Crippen molar-refractivity contribution in [2.45, 2.75) is 50.0 Å². The fraction of sp³-hybridized carbons (Fsp3) is 0.900. The van der Waals surface area contributed by atoms with Crippen LogP contribution < -0.4 is 0 Å². The summed E-state index contributed by atoms with van der Waals surface area (Å²) in [7, 11) is 0. The van der Waals surface area contributed by atoms with Crippen molar-refractivity contribution in [1.82, 2.24) is 0 Å². The van der Waals surface area contributed by atoms with Crippen LogP contribution >= 0.6 is 11.6 Å². The van der Waals surface area contributed by atoms with Crippen molar-refractivity contribution in [1.29, 1.82) is 0 Å². The number of cyclic esters (lactones) is 1. The number of carbonyl (C=O) groups is 1. The van der Waals surface area contributed by atoms with Gasteiger partial charge in [-0.1, -0.05) is 19.3 Å². The van der Waals surface area contributed by atoms with Gasteiger partial charge < -0.3 is 4.74 Å². The molecule has 0 aromatic carbocycles. The molecule has 2 atom stereocenters. The van der Waals surface area contributed by atoms with E-state index in [0.717, 1.165) is 0 Å². The maximum Gasteiger partial charge on any atom is 0.331 e. The Balaban J connectivity index is 1.98. The van der Waals surface area contributed by atoms with E-state index in [1.807, 2.05) is 0 Å². The summed E-state index contributed by atoms with van der Waals surface area (Å²) in [6.45, 7) is 1.78. The SMILES string of the molecule is C[C@]1(Cl)C(=O)O[C@@H]1C1CCCCC1. The summed E-state index contributed by atoms with van der Waals surface area (Å²) in [5.41, 5.74) is 0. The molecule has 1 saturated heterocycles. The third-order valence-electron chi connectivity index (χ3n) is 3.25. The molecule has 3 heteroatoms. The van der Waals surface area contributed by atoms with E-state index in [2.05, 4.69) is 0 Å². The monoisotopic (exact) mass is 202 g/mol. The Labute approximate surface area is 83.6 Å². The minimum atomic E-state index is -0.734. The van der Waals surface area contributed by atoms with Gasteiger partial charge in [-0.3, -0.25) is 0 Å². The molecule has 0 aromatic heterocycles. The van der Waals surface area contributed by atoms with Crippen LogP contribution in [0.3, 0.4) is 0 Å². The Kier molecular flexibility index (Phi) is 2.26. The Morgan fingerprint density at radius 2 is 2.00 bits per heavy atom. The fourth-order valence-corrected chi connectivity index (χ4v) is 2.64. The van der Waals surface area contributed by atoms with Gasteiger partial charge in [0.15, 0.2) is 4.87 Å². The number of hydrogen-bond donors (Lipinski definition) is 0. The van der Waals surface area contributed by atoms with Crippen molar-refractivity contribution in [2.24, 2.45) is 5.92 Å². The summed E-state index contributed by atoms with van der Waals surface area (Å²) in [5, 5.41) is 0. The lowest BCUT2D eigenvalue weighted by molar-refractivity contribution is -0.185. The molecule has 1 aliphatic carbocycles. The van der Waals surface area contributed by atoms with E-state index < -0.39 is 4.87 Å². The second-order valence-corrected chi connectivity index (χ2v) is 5.08. The summed E-state index contributed by atoms with van der Waals surface area (Å²) in [4.78, 5) is 10.3. The van der Waals surface area contributed by atoms with Crippen molar-refractivity contribution in [2.75, 3.05) is 0 Å². The lowest BCUT2D eigenvalue weighted by atomic mass is 9.78. The van der Waals surface area contributed by atoms with Crippen molar-refractivity contribution in [3.63, 3.8) is 0 Å². The number of ether oxygens (including phenoxy) is 1. The van der Waals surface area contributed by atoms with Gasteiger partial charge in [0.25, 0.3) is 0 Å². The van der Waals surface area contributed by atoms with Gasteiger partial charge in [-0.05, 0) is 25.7 Å². The van der Waals surface area contributed by atoms with E-state index in [-0.39, 0.29) is 12.1 Å². The molecule has 13 heavy (non-hydrogen) atoms. The van der Waals surface area contributed by atoms with E-state index >= 15 is 0 Å². The largest absolute Gasteiger partial charge is 0.458 e. The van der Waals surface area contributed by atoms with Gasteiger partial charge in [0.2, 0.25) is 0 Å². The summed E-state index contributed by atoms with van der Waals surface area (Å²) >= 11 is 6.08. The standard InChI is InChI=1S/C10H15ClO2/c1-10(11)8(13-9(10)12)7-5-3-2-4-6-7/h7-8H,2-6H2,1H3/t8-,10-/m1/s1. The first kappa shape index (κ1) is 9.32. The van der Waals surface area contributed by atoms with Gasteiger partial charge in [-0.15, -0.1) is 11.6 Å². The molecule has 0 unspecified atom stereocenters. The van der Waals surface area contributed by atoms with Gasteiger partial charge in [-0.2, -0.15) is 0 Å². The van der Waals surface area contributed by atoms with Crippen molar-refractivity contribution in [3.05, 3.63) is 0 Å². The second kappa shape index (κ2) is 3.16. The van der Waals surface area contributed by atoms with Crippen LogP contribution in [0.1, 0.15) is 39.0 Å². The van der Waals surface area contributed by atoms with Crippen LogP contribution in [0.25, 0.3) is 0 Å². The van der Waals surface area contributed by atoms with E-state index in [1.54, 1.807) is 6.92 Å². The smallest absolute Gasteiger partial charge is 0.331 e. The maximum atomic E-state index is 11.1. The minimum absolute atomic E-state index is 0.0260. The van der Waals surface area contributed by atoms with Gasteiger partial charge in [0, 0.05) is 0 Å². The Morgan fingerprint density at radius 1 is 1.38 bits per heavy atom. The van der Waals surface area contributed by atoms with E-state index in [4.69, 9.17) is 16.3 Å². The molecule has 0 bridgehead atoms. The molecule has 2 rings (SSSR count). The van der Waals surface area contributed by atoms with Crippen LogP contribution in [-0.2, 0) is 9.53 Å². The molecule has 1 saturated carbocycles. The first-order valence-electron chi connectivity index (χ1n) is 5.02. The number of esters is 1. The minimum Gasteiger partial charge on any atom is -0.458 e. The first-order valence-corrected chi connectivity index (χ1v) is 5.40. The predicted octanol–water partition coefficient (Wildman–Crippen LogP) is 2.49. The average Bonchev–Trinajstić information content (AvgIpc) is 2.15. The van der Waals surface area contributed by atoms with Crippen molar-refractivity contribution in [3.8, 4) is 0 Å². The number of hydrogen-bond acceptors (Lipinski definition) is 2. The summed E-state index contributed by atoms with van der Waals surface area (Å²) < 4.78 is 5.12. The molecule has 2 fully saturated rings. The highest BCUT2D eigenvalue weighted by atomic mass is 35.5. The van der Waals surface area contributed by atoms with Crippen molar-refractivity contribution < 1.29 is 9.53 Å². The van der Waals surface area contributed by atoms with Gasteiger partial charge >= 0.3 is 5.97 Å². The van der Waals surface area contributed by atoms with Crippen molar-refractivity contribution >= 4 is 17.6 Å². The van der Waals surface area contributed by atoms with Crippen LogP contribution in [0.15, 0.2) is 0 Å². The average molecular weight is 203 g/mol. The molecule has 2 aliphatic rings. The third kappa shape index (κ3) is 1.45. The van der Waals surface area contributed by atoms with Crippen LogP contribution in [0.4, 0.5) is 0 Å². The van der Waals surface area contributed by atoms with E-state index in [1.165, 1.54) is 32.1 Å². The predicted molar refractivity (Wildman–Crippen MR) is 50.7 cm³/mol. The van der Waals surface area contributed by atoms with Crippen LogP contribution in [0, 0.1) is 5.92 Å². The van der Waals surface area contributed by atoms with E-state index in [9.17, 15) is 4.79 Å². The zero-order valence-electron chi connectivity index (χ0n) is 7.88. The molecule has 1 heterocycles. The number of carbonyl (C=O) groups excluding carboxylic acids is 1. The highest BCUT2D eigenvalue weighted by Crippen LogP contribution is 2.43. The second-order valence-electron chi connectivity index (χ2n) is 4.30. The zero-order chi connectivity index (χ0) is 9.47. The van der Waals surface area contributed by atoms with Crippen LogP contribution in [-0.4, -0.2) is 16.9 Å². The first-order chi connectivity index (χ1) is 6.12.